The van der Waals surface area contributed by atoms with Gasteiger partial charge in [0.25, 0.3) is 0 Å². The highest BCUT2D eigenvalue weighted by Gasteiger charge is 2.32. The van der Waals surface area contributed by atoms with E-state index in [1.165, 1.54) is 32.7 Å². The molecule has 5 nitrogen and oxygen atoms in total. The Kier molecular flexibility index (Phi) is 5.20. The lowest BCUT2D eigenvalue weighted by molar-refractivity contribution is -0.132. The van der Waals surface area contributed by atoms with Gasteiger partial charge in [0.2, 0.25) is 0 Å². The Labute approximate surface area is 117 Å². The lowest BCUT2D eigenvalue weighted by Gasteiger charge is -2.43. The van der Waals surface area contributed by atoms with E-state index in [9.17, 15) is 0 Å². The Morgan fingerprint density at radius 2 is 1.74 bits per heavy atom. The number of hydrogen-bond acceptors (Lipinski definition) is 5. The maximum absolute atomic E-state index is 5.97. The monoisotopic (exact) mass is 270 g/mol. The molecule has 2 aliphatic heterocycles. The molecule has 0 aromatic rings. The predicted molar refractivity (Wildman–Crippen MR) is 78.4 cm³/mol. The first-order valence-corrected chi connectivity index (χ1v) is 7.50. The van der Waals surface area contributed by atoms with Crippen LogP contribution in [0.2, 0.25) is 0 Å². The fourth-order valence-corrected chi connectivity index (χ4v) is 3.06. The SMILES string of the molecule is CN1CCN(CCN2CC(CN)OC(C)(C)C2)CC1. The van der Waals surface area contributed by atoms with Gasteiger partial charge in [-0.05, 0) is 20.9 Å². The van der Waals surface area contributed by atoms with Crippen LogP contribution in [0.15, 0.2) is 0 Å². The van der Waals surface area contributed by atoms with E-state index in [0.29, 0.717) is 6.54 Å². The number of hydrogen-bond donors (Lipinski definition) is 1. The molecule has 2 rings (SSSR count). The molecule has 0 amide bonds. The van der Waals surface area contributed by atoms with Crippen molar-refractivity contribution in [3.05, 3.63) is 0 Å². The summed E-state index contributed by atoms with van der Waals surface area (Å²) in [5, 5.41) is 0. The first-order valence-electron chi connectivity index (χ1n) is 7.50. The van der Waals surface area contributed by atoms with Crippen LogP contribution in [-0.2, 0) is 4.74 Å². The summed E-state index contributed by atoms with van der Waals surface area (Å²) in [6.07, 6.45) is 0.191. The summed E-state index contributed by atoms with van der Waals surface area (Å²) in [5.41, 5.74) is 5.71. The number of piperazine rings is 1. The van der Waals surface area contributed by atoms with E-state index in [-0.39, 0.29) is 11.7 Å². The highest BCUT2D eigenvalue weighted by molar-refractivity contribution is 4.85. The molecule has 2 aliphatic rings. The van der Waals surface area contributed by atoms with Gasteiger partial charge in [-0.3, -0.25) is 9.80 Å². The molecule has 0 radical (unpaired) electrons. The largest absolute Gasteiger partial charge is 0.368 e. The van der Waals surface area contributed by atoms with Gasteiger partial charge >= 0.3 is 0 Å². The Hall–Kier alpha value is -0.200. The predicted octanol–water partition coefficient (Wildman–Crippen LogP) is -0.328. The van der Waals surface area contributed by atoms with Gasteiger partial charge in [0.1, 0.15) is 0 Å². The molecule has 1 atom stereocenters. The molecule has 112 valence electrons. The molecule has 19 heavy (non-hydrogen) atoms. The maximum Gasteiger partial charge on any atom is 0.0831 e. The van der Waals surface area contributed by atoms with E-state index in [2.05, 4.69) is 35.6 Å². The number of ether oxygens (including phenoxy) is 1. The quantitative estimate of drug-likeness (QED) is 0.758. The summed E-state index contributed by atoms with van der Waals surface area (Å²) in [6.45, 7) is 14.0. The summed E-state index contributed by atoms with van der Waals surface area (Å²) in [7, 11) is 2.20. The smallest absolute Gasteiger partial charge is 0.0831 e. The van der Waals surface area contributed by atoms with Crippen LogP contribution in [0.25, 0.3) is 0 Å². The number of nitrogens with zero attached hydrogens (tertiary/aromatic N) is 3. The molecular weight excluding hydrogens is 240 g/mol. The third-order valence-electron chi connectivity index (χ3n) is 4.14. The topological polar surface area (TPSA) is 45.0 Å². The number of nitrogens with two attached hydrogens (primary N) is 1. The van der Waals surface area contributed by atoms with Crippen LogP contribution in [-0.4, -0.2) is 92.4 Å². The number of rotatable bonds is 4. The zero-order chi connectivity index (χ0) is 13.9. The number of morpholine rings is 1. The lowest BCUT2D eigenvalue weighted by Crippen LogP contribution is -2.56. The van der Waals surface area contributed by atoms with Crippen LogP contribution >= 0.6 is 0 Å². The normalized spacial score (nSPS) is 30.6. The van der Waals surface area contributed by atoms with Crippen molar-refractivity contribution in [1.29, 1.82) is 0 Å². The zero-order valence-corrected chi connectivity index (χ0v) is 12.8. The lowest BCUT2D eigenvalue weighted by atomic mass is 10.1. The standard InChI is InChI=1S/C14H30N4O/c1-14(2)12-18(11-13(10-15)19-14)9-8-17-6-4-16(3)5-7-17/h13H,4-12,15H2,1-3H3. The zero-order valence-electron chi connectivity index (χ0n) is 12.8. The van der Waals surface area contributed by atoms with Crippen molar-refractivity contribution in [3.63, 3.8) is 0 Å². The van der Waals surface area contributed by atoms with Gasteiger partial charge in [-0.2, -0.15) is 0 Å². The van der Waals surface area contributed by atoms with Crippen molar-refractivity contribution in [3.8, 4) is 0 Å². The molecule has 2 N–H and O–H groups in total. The minimum absolute atomic E-state index is 0.0651. The van der Waals surface area contributed by atoms with Gasteiger partial charge in [0.05, 0.1) is 11.7 Å². The summed E-state index contributed by atoms with van der Waals surface area (Å²) in [4.78, 5) is 7.48. The first-order chi connectivity index (χ1) is 8.98. The summed E-state index contributed by atoms with van der Waals surface area (Å²) in [5.74, 6) is 0. The van der Waals surface area contributed by atoms with Gasteiger partial charge in [0.15, 0.2) is 0 Å². The van der Waals surface area contributed by atoms with Gasteiger partial charge in [-0.15, -0.1) is 0 Å². The van der Waals surface area contributed by atoms with Gasteiger partial charge in [-0.25, -0.2) is 0 Å². The molecule has 2 heterocycles. The van der Waals surface area contributed by atoms with E-state index < -0.39 is 0 Å². The number of likely N-dealkylation sites (N-methyl/N-ethyl adjacent to an activating group) is 1. The Morgan fingerprint density at radius 1 is 1.11 bits per heavy atom. The van der Waals surface area contributed by atoms with E-state index in [1.54, 1.807) is 0 Å². The van der Waals surface area contributed by atoms with E-state index >= 15 is 0 Å². The van der Waals surface area contributed by atoms with E-state index in [4.69, 9.17) is 10.5 Å². The summed E-state index contributed by atoms with van der Waals surface area (Å²) < 4.78 is 5.97. The highest BCUT2D eigenvalue weighted by atomic mass is 16.5. The minimum atomic E-state index is -0.0651. The second-order valence-electron chi connectivity index (χ2n) is 6.62. The van der Waals surface area contributed by atoms with Gasteiger partial charge in [-0.1, -0.05) is 0 Å². The third-order valence-corrected chi connectivity index (χ3v) is 4.14. The molecule has 0 bridgehead atoms. The van der Waals surface area contributed by atoms with Crippen molar-refractivity contribution in [2.75, 3.05) is 66.0 Å². The molecule has 0 saturated carbocycles. The van der Waals surface area contributed by atoms with Crippen LogP contribution in [0, 0.1) is 0 Å². The summed E-state index contributed by atoms with van der Waals surface area (Å²) >= 11 is 0. The fraction of sp³-hybridized carbons (Fsp3) is 1.00. The fourth-order valence-electron chi connectivity index (χ4n) is 3.06. The Balaban J connectivity index is 1.75. The molecule has 0 aromatic carbocycles. The average Bonchev–Trinajstić information content (AvgIpc) is 2.36. The molecule has 0 spiro atoms. The van der Waals surface area contributed by atoms with Crippen LogP contribution in [0.5, 0.6) is 0 Å². The Morgan fingerprint density at radius 3 is 2.37 bits per heavy atom. The Bertz CT molecular complexity index is 277. The van der Waals surface area contributed by atoms with Gasteiger partial charge in [0, 0.05) is 58.9 Å². The summed E-state index contributed by atoms with van der Waals surface area (Å²) in [6, 6.07) is 0. The molecule has 0 aliphatic carbocycles. The van der Waals surface area contributed by atoms with Crippen LogP contribution in [0.3, 0.4) is 0 Å². The molecule has 0 aromatic heterocycles. The molecule has 5 heteroatoms. The van der Waals surface area contributed by atoms with Crippen LogP contribution in [0.4, 0.5) is 0 Å². The molecular formula is C14H30N4O. The second-order valence-corrected chi connectivity index (χ2v) is 6.62. The van der Waals surface area contributed by atoms with Crippen molar-refractivity contribution in [2.24, 2.45) is 5.73 Å². The van der Waals surface area contributed by atoms with Crippen LogP contribution in [0.1, 0.15) is 13.8 Å². The van der Waals surface area contributed by atoms with Crippen molar-refractivity contribution < 1.29 is 4.74 Å². The van der Waals surface area contributed by atoms with Crippen molar-refractivity contribution in [2.45, 2.75) is 25.6 Å². The van der Waals surface area contributed by atoms with Gasteiger partial charge < -0.3 is 15.4 Å². The van der Waals surface area contributed by atoms with E-state index in [0.717, 1.165) is 19.6 Å². The molecule has 1 unspecified atom stereocenters. The maximum atomic E-state index is 5.97. The van der Waals surface area contributed by atoms with Crippen molar-refractivity contribution in [1.82, 2.24) is 14.7 Å². The van der Waals surface area contributed by atoms with Crippen molar-refractivity contribution >= 4 is 0 Å². The third kappa shape index (κ3) is 4.68. The minimum Gasteiger partial charge on any atom is -0.368 e. The molecule has 2 saturated heterocycles. The van der Waals surface area contributed by atoms with Crippen LogP contribution < -0.4 is 5.73 Å². The highest BCUT2D eigenvalue weighted by Crippen LogP contribution is 2.20. The van der Waals surface area contributed by atoms with E-state index in [1.807, 2.05) is 0 Å². The second kappa shape index (κ2) is 6.50. The average molecular weight is 270 g/mol. The molecule has 2 fully saturated rings. The first kappa shape index (κ1) is 15.2.